The standard InChI is InChI=1S/C22H26N2O4/c1-16(17-9-5-3-6-10-17)28-19-12-11-18(15-23-19)20(25)24-22(21(26)27-2)13-7-4-8-14-22/h3,5-6,9-12,15-16H,4,7-8,13-14H2,1-2H3,(H,24,25). The number of carbonyl (C=O) groups excluding carboxylic acids is 2. The summed E-state index contributed by atoms with van der Waals surface area (Å²) in [6.07, 6.45) is 5.33. The molecule has 148 valence electrons. The molecule has 6 heteroatoms. The number of pyridine rings is 1. The Kier molecular flexibility index (Phi) is 6.29. The van der Waals surface area contributed by atoms with Crippen molar-refractivity contribution in [2.45, 2.75) is 50.7 Å². The molecule has 1 N–H and O–H groups in total. The molecule has 1 heterocycles. The molecule has 3 rings (SSSR count). The zero-order valence-corrected chi connectivity index (χ0v) is 16.3. The van der Waals surface area contributed by atoms with Crippen molar-refractivity contribution in [3.63, 3.8) is 0 Å². The van der Waals surface area contributed by atoms with Crippen molar-refractivity contribution in [2.24, 2.45) is 0 Å². The fourth-order valence-electron chi connectivity index (χ4n) is 3.58. The third-order valence-electron chi connectivity index (χ3n) is 5.20. The molecule has 1 unspecified atom stereocenters. The second-order valence-corrected chi connectivity index (χ2v) is 7.14. The van der Waals surface area contributed by atoms with E-state index in [1.54, 1.807) is 12.1 Å². The minimum Gasteiger partial charge on any atom is -0.470 e. The zero-order valence-electron chi connectivity index (χ0n) is 16.3. The van der Waals surface area contributed by atoms with Gasteiger partial charge in [-0.05, 0) is 31.4 Å². The first-order chi connectivity index (χ1) is 13.5. The molecule has 28 heavy (non-hydrogen) atoms. The van der Waals surface area contributed by atoms with Crippen LogP contribution in [0.1, 0.15) is 61.1 Å². The van der Waals surface area contributed by atoms with Crippen molar-refractivity contribution >= 4 is 11.9 Å². The maximum Gasteiger partial charge on any atom is 0.331 e. The highest BCUT2D eigenvalue weighted by Gasteiger charge is 2.42. The minimum atomic E-state index is -0.943. The van der Waals surface area contributed by atoms with Crippen molar-refractivity contribution in [3.05, 3.63) is 59.8 Å². The summed E-state index contributed by atoms with van der Waals surface area (Å²) in [4.78, 5) is 29.2. The lowest BCUT2D eigenvalue weighted by atomic mass is 9.81. The van der Waals surface area contributed by atoms with Crippen LogP contribution < -0.4 is 10.1 Å². The van der Waals surface area contributed by atoms with Gasteiger partial charge in [0.2, 0.25) is 5.88 Å². The number of rotatable bonds is 6. The Morgan fingerprint density at radius 2 is 1.79 bits per heavy atom. The van der Waals surface area contributed by atoms with Gasteiger partial charge in [-0.2, -0.15) is 0 Å². The molecule has 0 aliphatic heterocycles. The molecule has 1 aliphatic carbocycles. The number of methoxy groups -OCH3 is 1. The van der Waals surface area contributed by atoms with E-state index in [0.29, 0.717) is 24.3 Å². The Balaban J connectivity index is 1.67. The fourth-order valence-corrected chi connectivity index (χ4v) is 3.58. The van der Waals surface area contributed by atoms with Crippen molar-refractivity contribution < 1.29 is 19.1 Å². The van der Waals surface area contributed by atoms with Crippen molar-refractivity contribution in [3.8, 4) is 5.88 Å². The molecule has 1 aromatic heterocycles. The predicted octanol–water partition coefficient (Wildman–Crippen LogP) is 3.83. The van der Waals surface area contributed by atoms with E-state index in [9.17, 15) is 9.59 Å². The average molecular weight is 382 g/mol. The van der Waals surface area contributed by atoms with Crippen LogP contribution in [0, 0.1) is 0 Å². The molecule has 1 atom stereocenters. The quantitative estimate of drug-likeness (QED) is 0.769. The number of ether oxygens (including phenoxy) is 2. The van der Waals surface area contributed by atoms with E-state index in [1.807, 2.05) is 37.3 Å². The van der Waals surface area contributed by atoms with E-state index in [4.69, 9.17) is 9.47 Å². The number of benzene rings is 1. The molecule has 0 bridgehead atoms. The SMILES string of the molecule is COC(=O)C1(NC(=O)c2ccc(OC(C)c3ccccc3)nc2)CCCCC1. The van der Waals surface area contributed by atoms with E-state index in [0.717, 1.165) is 24.8 Å². The lowest BCUT2D eigenvalue weighted by molar-refractivity contribution is -0.149. The number of nitrogens with zero attached hydrogens (tertiary/aromatic N) is 1. The van der Waals surface area contributed by atoms with Crippen molar-refractivity contribution in [2.75, 3.05) is 7.11 Å². The molecule has 1 fully saturated rings. The second kappa shape index (κ2) is 8.87. The molecule has 2 aromatic rings. The van der Waals surface area contributed by atoms with Crippen LogP contribution in [0.4, 0.5) is 0 Å². The van der Waals surface area contributed by atoms with Gasteiger partial charge in [0.1, 0.15) is 11.6 Å². The van der Waals surface area contributed by atoms with Crippen LogP contribution in [0.5, 0.6) is 5.88 Å². The van der Waals surface area contributed by atoms with Crippen LogP contribution in [0.2, 0.25) is 0 Å². The summed E-state index contributed by atoms with van der Waals surface area (Å²) in [5.41, 5.74) is 0.484. The molecule has 0 spiro atoms. The van der Waals surface area contributed by atoms with E-state index >= 15 is 0 Å². The van der Waals surface area contributed by atoms with E-state index in [1.165, 1.54) is 13.3 Å². The largest absolute Gasteiger partial charge is 0.470 e. The van der Waals surface area contributed by atoms with Crippen LogP contribution in [0.25, 0.3) is 0 Å². The molecule has 1 aliphatic rings. The normalized spacial score (nSPS) is 16.6. The van der Waals surface area contributed by atoms with Gasteiger partial charge in [-0.3, -0.25) is 4.79 Å². The highest BCUT2D eigenvalue weighted by molar-refractivity contribution is 5.98. The first kappa shape index (κ1) is 19.9. The lowest BCUT2D eigenvalue weighted by Gasteiger charge is -2.35. The van der Waals surface area contributed by atoms with Crippen LogP contribution >= 0.6 is 0 Å². The molecular weight excluding hydrogens is 356 g/mol. The van der Waals surface area contributed by atoms with Crippen LogP contribution in [0.15, 0.2) is 48.7 Å². The highest BCUT2D eigenvalue weighted by atomic mass is 16.5. The summed E-state index contributed by atoms with van der Waals surface area (Å²) >= 11 is 0. The minimum absolute atomic E-state index is 0.154. The summed E-state index contributed by atoms with van der Waals surface area (Å²) in [5, 5.41) is 2.89. The third-order valence-corrected chi connectivity index (χ3v) is 5.20. The summed E-state index contributed by atoms with van der Waals surface area (Å²) < 4.78 is 10.8. The maximum absolute atomic E-state index is 12.7. The number of esters is 1. The third kappa shape index (κ3) is 4.50. The Morgan fingerprint density at radius 1 is 1.07 bits per heavy atom. The van der Waals surface area contributed by atoms with Gasteiger partial charge in [0.25, 0.3) is 5.91 Å². The van der Waals surface area contributed by atoms with Crippen LogP contribution in [-0.2, 0) is 9.53 Å². The van der Waals surface area contributed by atoms with E-state index in [-0.39, 0.29) is 18.0 Å². The first-order valence-corrected chi connectivity index (χ1v) is 9.63. The molecule has 1 aromatic carbocycles. The molecule has 1 amide bonds. The molecule has 1 saturated carbocycles. The average Bonchev–Trinajstić information content (AvgIpc) is 2.74. The molecular formula is C22H26N2O4. The Bertz CT molecular complexity index is 799. The highest BCUT2D eigenvalue weighted by Crippen LogP contribution is 2.30. The zero-order chi connectivity index (χ0) is 20.0. The first-order valence-electron chi connectivity index (χ1n) is 9.63. The Hall–Kier alpha value is -2.89. The number of amides is 1. The van der Waals surface area contributed by atoms with Gasteiger partial charge in [0.15, 0.2) is 0 Å². The summed E-state index contributed by atoms with van der Waals surface area (Å²) in [5.74, 6) is -0.277. The summed E-state index contributed by atoms with van der Waals surface area (Å²) in [6.45, 7) is 1.95. The van der Waals surface area contributed by atoms with Gasteiger partial charge in [-0.25, -0.2) is 9.78 Å². The fraction of sp³-hybridized carbons (Fsp3) is 0.409. The van der Waals surface area contributed by atoms with Gasteiger partial charge >= 0.3 is 5.97 Å². The Morgan fingerprint density at radius 3 is 2.39 bits per heavy atom. The predicted molar refractivity (Wildman–Crippen MR) is 105 cm³/mol. The summed E-state index contributed by atoms with van der Waals surface area (Å²) in [6, 6.07) is 13.2. The number of hydrogen-bond donors (Lipinski definition) is 1. The maximum atomic E-state index is 12.7. The number of carbonyl (C=O) groups is 2. The lowest BCUT2D eigenvalue weighted by Crippen LogP contribution is -2.56. The topological polar surface area (TPSA) is 77.5 Å². The molecule has 0 radical (unpaired) electrons. The van der Waals surface area contributed by atoms with Gasteiger partial charge in [-0.1, -0.05) is 49.6 Å². The Labute approximate surface area is 165 Å². The van der Waals surface area contributed by atoms with Crippen LogP contribution in [-0.4, -0.2) is 29.5 Å². The number of hydrogen-bond acceptors (Lipinski definition) is 5. The number of aromatic nitrogens is 1. The monoisotopic (exact) mass is 382 g/mol. The van der Waals surface area contributed by atoms with Crippen molar-refractivity contribution in [1.29, 1.82) is 0 Å². The van der Waals surface area contributed by atoms with Gasteiger partial charge < -0.3 is 14.8 Å². The van der Waals surface area contributed by atoms with Gasteiger partial charge in [0.05, 0.1) is 12.7 Å². The van der Waals surface area contributed by atoms with E-state index in [2.05, 4.69) is 10.3 Å². The molecule has 0 saturated heterocycles. The van der Waals surface area contributed by atoms with E-state index < -0.39 is 5.54 Å². The summed E-state index contributed by atoms with van der Waals surface area (Å²) in [7, 11) is 1.35. The van der Waals surface area contributed by atoms with Gasteiger partial charge in [0, 0.05) is 12.3 Å². The van der Waals surface area contributed by atoms with Crippen LogP contribution in [0.3, 0.4) is 0 Å². The number of nitrogens with one attached hydrogen (secondary N) is 1. The van der Waals surface area contributed by atoms with Gasteiger partial charge in [-0.15, -0.1) is 0 Å². The van der Waals surface area contributed by atoms with Crippen molar-refractivity contribution in [1.82, 2.24) is 10.3 Å². The molecule has 6 nitrogen and oxygen atoms in total. The second-order valence-electron chi connectivity index (χ2n) is 7.14. The smallest absolute Gasteiger partial charge is 0.331 e.